The van der Waals surface area contributed by atoms with Crippen LogP contribution in [0.5, 0.6) is 5.75 Å². The lowest BCUT2D eigenvalue weighted by molar-refractivity contribution is -0.115. The Morgan fingerprint density at radius 3 is 2.32 bits per heavy atom. The van der Waals surface area contributed by atoms with Gasteiger partial charge in [-0.1, -0.05) is 32.9 Å². The minimum atomic E-state index is -0.587. The zero-order valence-corrected chi connectivity index (χ0v) is 14.4. The van der Waals surface area contributed by atoms with Crippen LogP contribution in [0.2, 0.25) is 0 Å². The van der Waals surface area contributed by atoms with Crippen LogP contribution in [0.3, 0.4) is 0 Å². The Balaban J connectivity index is 1.93. The molecule has 0 heterocycles. The molecule has 0 fully saturated rings. The Morgan fingerprint density at radius 1 is 1.08 bits per heavy atom. The molecule has 5 nitrogen and oxygen atoms in total. The molecule has 25 heavy (non-hydrogen) atoms. The number of aromatic hydroxyl groups is 1. The van der Waals surface area contributed by atoms with Gasteiger partial charge in [-0.15, -0.1) is 0 Å². The van der Waals surface area contributed by atoms with E-state index in [1.807, 2.05) is 12.1 Å². The average molecular weight is 344 g/mol. The van der Waals surface area contributed by atoms with Crippen LogP contribution in [-0.4, -0.2) is 23.5 Å². The van der Waals surface area contributed by atoms with Gasteiger partial charge in [-0.2, -0.15) is 0 Å². The summed E-state index contributed by atoms with van der Waals surface area (Å²) in [5, 5.41) is 14.4. The Morgan fingerprint density at radius 2 is 1.72 bits per heavy atom. The normalized spacial score (nSPS) is 11.0. The smallest absolute Gasteiger partial charge is 0.251 e. The monoisotopic (exact) mass is 344 g/mol. The predicted molar refractivity (Wildman–Crippen MR) is 94.2 cm³/mol. The van der Waals surface area contributed by atoms with Gasteiger partial charge in [0, 0.05) is 11.6 Å². The van der Waals surface area contributed by atoms with Crippen molar-refractivity contribution in [1.82, 2.24) is 5.32 Å². The number of carbonyl (C=O) groups excluding carboxylic acids is 2. The molecule has 0 saturated heterocycles. The van der Waals surface area contributed by atoms with E-state index in [9.17, 15) is 19.1 Å². The second kappa shape index (κ2) is 7.34. The van der Waals surface area contributed by atoms with Crippen LogP contribution in [0, 0.1) is 5.82 Å². The number of hydrogen-bond donors (Lipinski definition) is 3. The summed E-state index contributed by atoms with van der Waals surface area (Å²) >= 11 is 0. The first-order chi connectivity index (χ1) is 11.7. The zero-order valence-electron chi connectivity index (χ0n) is 14.4. The fourth-order valence-corrected chi connectivity index (χ4v) is 2.19. The predicted octanol–water partition coefficient (Wildman–Crippen LogP) is 3.20. The minimum Gasteiger partial charge on any atom is -0.506 e. The van der Waals surface area contributed by atoms with Crippen LogP contribution in [0.25, 0.3) is 0 Å². The van der Waals surface area contributed by atoms with E-state index in [-0.39, 0.29) is 29.3 Å². The quantitative estimate of drug-likeness (QED) is 0.745. The van der Waals surface area contributed by atoms with Gasteiger partial charge in [0.05, 0.1) is 12.2 Å². The molecule has 0 bridgehead atoms. The van der Waals surface area contributed by atoms with Gasteiger partial charge in [-0.25, -0.2) is 4.39 Å². The number of anilines is 1. The lowest BCUT2D eigenvalue weighted by Crippen LogP contribution is -2.32. The maximum absolute atomic E-state index is 13.1. The molecular formula is C19H21FN2O3. The fraction of sp³-hybridized carbons (Fsp3) is 0.263. The molecule has 0 unspecified atom stereocenters. The summed E-state index contributed by atoms with van der Waals surface area (Å²) in [6.07, 6.45) is 0. The number of phenolic OH excluding ortho intramolecular Hbond substituents is 1. The molecule has 0 aliphatic carbocycles. The maximum atomic E-state index is 13.1. The Kier molecular flexibility index (Phi) is 5.41. The van der Waals surface area contributed by atoms with Gasteiger partial charge >= 0.3 is 0 Å². The van der Waals surface area contributed by atoms with Crippen molar-refractivity contribution in [2.24, 2.45) is 0 Å². The number of benzene rings is 2. The highest BCUT2D eigenvalue weighted by Gasteiger charge is 2.15. The Hall–Kier alpha value is -2.89. The second-order valence-electron chi connectivity index (χ2n) is 6.72. The Labute approximate surface area is 145 Å². The number of halogens is 1. The van der Waals surface area contributed by atoms with Crippen molar-refractivity contribution in [3.05, 3.63) is 59.4 Å². The standard InChI is InChI=1S/C19H21FN2O3/c1-19(2,3)13-6-4-12(5-7-13)18(25)21-11-17(24)22-15-10-14(20)8-9-16(15)23/h4-10,23H,11H2,1-3H3,(H,21,25)(H,22,24). The molecule has 2 rings (SSSR count). The summed E-state index contributed by atoms with van der Waals surface area (Å²) in [7, 11) is 0. The first kappa shape index (κ1) is 18.4. The van der Waals surface area contributed by atoms with Crippen molar-refractivity contribution in [2.45, 2.75) is 26.2 Å². The SMILES string of the molecule is CC(C)(C)c1ccc(C(=O)NCC(=O)Nc2cc(F)ccc2O)cc1. The highest BCUT2D eigenvalue weighted by Crippen LogP contribution is 2.23. The van der Waals surface area contributed by atoms with Crippen LogP contribution in [0.15, 0.2) is 42.5 Å². The van der Waals surface area contributed by atoms with Crippen molar-refractivity contribution in [3.8, 4) is 5.75 Å². The highest BCUT2D eigenvalue weighted by atomic mass is 19.1. The largest absolute Gasteiger partial charge is 0.506 e. The first-order valence-corrected chi connectivity index (χ1v) is 7.84. The molecule has 0 aromatic heterocycles. The molecule has 0 atom stereocenters. The fourth-order valence-electron chi connectivity index (χ4n) is 2.19. The number of hydrogen-bond acceptors (Lipinski definition) is 3. The van der Waals surface area contributed by atoms with Crippen molar-refractivity contribution < 1.29 is 19.1 Å². The van der Waals surface area contributed by atoms with Crippen molar-refractivity contribution in [2.75, 3.05) is 11.9 Å². The topological polar surface area (TPSA) is 78.4 Å². The number of carbonyl (C=O) groups is 2. The average Bonchev–Trinajstić information content (AvgIpc) is 2.55. The van der Waals surface area contributed by atoms with Crippen molar-refractivity contribution >= 4 is 17.5 Å². The molecule has 2 amide bonds. The lowest BCUT2D eigenvalue weighted by atomic mass is 9.87. The van der Waals surface area contributed by atoms with Gasteiger partial charge in [0.15, 0.2) is 0 Å². The summed E-state index contributed by atoms with van der Waals surface area (Å²) in [5.74, 6) is -1.80. The minimum absolute atomic E-state index is 0.0121. The molecule has 2 aromatic rings. The van der Waals surface area contributed by atoms with Gasteiger partial charge in [0.25, 0.3) is 5.91 Å². The molecule has 0 aliphatic rings. The van der Waals surface area contributed by atoms with Crippen LogP contribution < -0.4 is 10.6 Å². The van der Waals surface area contributed by atoms with E-state index in [4.69, 9.17) is 0 Å². The lowest BCUT2D eigenvalue weighted by Gasteiger charge is -2.19. The third kappa shape index (κ3) is 5.04. The van der Waals surface area contributed by atoms with E-state index in [0.717, 1.165) is 23.8 Å². The van der Waals surface area contributed by atoms with Gasteiger partial charge in [0.2, 0.25) is 5.91 Å². The summed E-state index contributed by atoms with van der Waals surface area (Å²) in [4.78, 5) is 23.9. The van der Waals surface area contributed by atoms with Gasteiger partial charge in [0.1, 0.15) is 11.6 Å². The van der Waals surface area contributed by atoms with Crippen molar-refractivity contribution in [3.63, 3.8) is 0 Å². The van der Waals surface area contributed by atoms with E-state index >= 15 is 0 Å². The van der Waals surface area contributed by atoms with Crippen LogP contribution >= 0.6 is 0 Å². The maximum Gasteiger partial charge on any atom is 0.251 e. The molecule has 132 valence electrons. The van der Waals surface area contributed by atoms with Crippen LogP contribution in [0.1, 0.15) is 36.7 Å². The zero-order chi connectivity index (χ0) is 18.6. The summed E-state index contributed by atoms with van der Waals surface area (Å²) < 4.78 is 13.1. The van der Waals surface area contributed by atoms with E-state index < -0.39 is 11.7 Å². The van der Waals surface area contributed by atoms with E-state index in [0.29, 0.717) is 5.56 Å². The highest BCUT2D eigenvalue weighted by molar-refractivity contribution is 5.99. The summed E-state index contributed by atoms with van der Waals surface area (Å²) in [6.45, 7) is 5.94. The number of amides is 2. The van der Waals surface area contributed by atoms with Crippen LogP contribution in [-0.2, 0) is 10.2 Å². The molecule has 2 aromatic carbocycles. The molecule has 0 spiro atoms. The molecular weight excluding hydrogens is 323 g/mol. The van der Waals surface area contributed by atoms with Gasteiger partial charge in [-0.05, 0) is 35.2 Å². The molecule has 6 heteroatoms. The first-order valence-electron chi connectivity index (χ1n) is 7.84. The summed E-state index contributed by atoms with van der Waals surface area (Å²) in [5.41, 5.74) is 1.48. The van der Waals surface area contributed by atoms with Crippen LogP contribution in [0.4, 0.5) is 10.1 Å². The summed E-state index contributed by atoms with van der Waals surface area (Å²) in [6, 6.07) is 10.4. The molecule has 0 radical (unpaired) electrons. The van der Waals surface area contributed by atoms with E-state index in [2.05, 4.69) is 31.4 Å². The number of phenols is 1. The van der Waals surface area contributed by atoms with Crippen molar-refractivity contribution in [1.29, 1.82) is 0 Å². The Bertz CT molecular complexity index is 780. The number of nitrogens with one attached hydrogen (secondary N) is 2. The van der Waals surface area contributed by atoms with E-state index in [1.165, 1.54) is 0 Å². The third-order valence-electron chi connectivity index (χ3n) is 3.66. The van der Waals surface area contributed by atoms with Gasteiger partial charge < -0.3 is 15.7 Å². The van der Waals surface area contributed by atoms with E-state index in [1.54, 1.807) is 12.1 Å². The number of rotatable bonds is 4. The molecule has 3 N–H and O–H groups in total. The third-order valence-corrected chi connectivity index (χ3v) is 3.66. The molecule has 0 saturated carbocycles. The second-order valence-corrected chi connectivity index (χ2v) is 6.72. The molecule has 0 aliphatic heterocycles. The van der Waals surface area contributed by atoms with Gasteiger partial charge in [-0.3, -0.25) is 9.59 Å².